The summed E-state index contributed by atoms with van der Waals surface area (Å²) in [6.45, 7) is 3.72. The molecule has 3 heterocycles. The fraction of sp³-hybridized carbons (Fsp3) is 0.250. The number of benzene rings is 2. The minimum atomic E-state index is -5.12. The molecule has 256 valence electrons. The van der Waals surface area contributed by atoms with Crippen LogP contribution >= 0.6 is 0 Å². The lowest BCUT2D eigenvalue weighted by Gasteiger charge is -2.23. The molecule has 0 spiro atoms. The quantitative estimate of drug-likeness (QED) is 0.132. The zero-order valence-electron chi connectivity index (χ0n) is 25.7. The molecule has 17 heteroatoms. The number of halogens is 7. The first-order valence-corrected chi connectivity index (χ1v) is 16.2. The molecule has 0 bridgehead atoms. The van der Waals surface area contributed by atoms with E-state index in [2.05, 4.69) is 31.8 Å². The van der Waals surface area contributed by atoms with Crippen molar-refractivity contribution in [1.82, 2.24) is 29.9 Å². The van der Waals surface area contributed by atoms with Crippen molar-refractivity contribution < 1.29 is 40.1 Å². The van der Waals surface area contributed by atoms with Gasteiger partial charge in [0.2, 0.25) is 0 Å². The van der Waals surface area contributed by atoms with E-state index < -0.39 is 77.0 Å². The Balaban J connectivity index is 1.54. The average molecular weight is 706 g/mol. The van der Waals surface area contributed by atoms with E-state index in [1.54, 1.807) is 37.4 Å². The van der Waals surface area contributed by atoms with Crippen LogP contribution in [0.5, 0.6) is 0 Å². The summed E-state index contributed by atoms with van der Waals surface area (Å²) >= 11 is -1.48. The summed E-state index contributed by atoms with van der Waals surface area (Å²) in [5, 5.41) is 10.7. The van der Waals surface area contributed by atoms with Crippen LogP contribution in [-0.2, 0) is 43.4 Å². The molecule has 49 heavy (non-hydrogen) atoms. The van der Waals surface area contributed by atoms with Crippen molar-refractivity contribution in [1.29, 1.82) is 0 Å². The summed E-state index contributed by atoms with van der Waals surface area (Å²) in [7, 11) is 1.63. The maximum absolute atomic E-state index is 15.0. The number of amides is 1. The van der Waals surface area contributed by atoms with Gasteiger partial charge in [0.05, 0.1) is 34.3 Å². The maximum Gasteiger partial charge on any atom is 0.435 e. The molecule has 1 amide bonds. The van der Waals surface area contributed by atoms with Crippen LogP contribution in [0.4, 0.5) is 41.3 Å². The number of pyridine rings is 1. The highest BCUT2D eigenvalue weighted by molar-refractivity contribution is 7.92. The van der Waals surface area contributed by atoms with Gasteiger partial charge in [0.15, 0.2) is 11.5 Å². The molecule has 0 radical (unpaired) electrons. The Morgan fingerprint density at radius 2 is 1.84 bits per heavy atom. The molecule has 0 saturated heterocycles. The van der Waals surface area contributed by atoms with Gasteiger partial charge in [0, 0.05) is 41.6 Å². The van der Waals surface area contributed by atoms with Crippen LogP contribution < -0.4 is 10.0 Å². The smallest absolute Gasteiger partial charge is 0.435 e. The molecule has 2 N–H and O–H groups in total. The molecule has 2 atom stereocenters. The minimum absolute atomic E-state index is 0.00595. The SMILES string of the molecule is C=Cc1ccc(-c2cccc3c(N[S+](C)[O-])nn(C)c23)c(C(Cc2cc(F)cc(F)c2)NC(=O)n2nc(C(F)(F)F)c3c2C(F)(F)CC3)n1. The fourth-order valence-electron chi connectivity index (χ4n) is 6.09. The number of hydrogen-bond donors (Lipinski definition) is 2. The van der Waals surface area contributed by atoms with Crippen molar-refractivity contribution in [2.24, 2.45) is 7.05 Å². The summed E-state index contributed by atoms with van der Waals surface area (Å²) in [6, 6.07) is 8.11. The number of carbonyl (C=O) groups excluding carboxylic acids is 1. The third-order valence-corrected chi connectivity index (χ3v) is 8.50. The molecule has 2 aromatic carbocycles. The molecule has 2 unspecified atom stereocenters. The highest BCUT2D eigenvalue weighted by Gasteiger charge is 2.51. The highest BCUT2D eigenvalue weighted by Crippen LogP contribution is 2.46. The number of anilines is 1. The number of para-hydroxylation sites is 1. The van der Waals surface area contributed by atoms with Crippen molar-refractivity contribution >= 4 is 40.2 Å². The molecule has 3 aromatic heterocycles. The van der Waals surface area contributed by atoms with Gasteiger partial charge in [-0.25, -0.2) is 13.6 Å². The van der Waals surface area contributed by atoms with Crippen LogP contribution in [0.25, 0.3) is 28.1 Å². The van der Waals surface area contributed by atoms with Gasteiger partial charge in [-0.15, -0.1) is 0 Å². The van der Waals surface area contributed by atoms with E-state index in [9.17, 15) is 40.1 Å². The van der Waals surface area contributed by atoms with E-state index in [0.29, 0.717) is 33.9 Å². The van der Waals surface area contributed by atoms with E-state index in [-0.39, 0.29) is 28.1 Å². The summed E-state index contributed by atoms with van der Waals surface area (Å²) in [5.74, 6) is -5.38. The van der Waals surface area contributed by atoms with Crippen LogP contribution in [-0.4, -0.2) is 41.4 Å². The summed E-state index contributed by atoms with van der Waals surface area (Å²) in [5.41, 5.74) is -1.87. The second kappa shape index (κ2) is 12.5. The van der Waals surface area contributed by atoms with Crippen molar-refractivity contribution in [3.05, 3.63) is 101 Å². The van der Waals surface area contributed by atoms with Crippen LogP contribution in [0.15, 0.2) is 55.1 Å². The number of aromatic nitrogens is 5. The van der Waals surface area contributed by atoms with E-state index in [4.69, 9.17) is 0 Å². The summed E-state index contributed by atoms with van der Waals surface area (Å²) < 4.78 is 116. The normalized spacial score (nSPS) is 15.2. The second-order valence-electron chi connectivity index (χ2n) is 11.4. The van der Waals surface area contributed by atoms with Crippen molar-refractivity contribution in [3.8, 4) is 11.1 Å². The molecule has 0 saturated carbocycles. The monoisotopic (exact) mass is 705 g/mol. The van der Waals surface area contributed by atoms with Crippen LogP contribution in [0, 0.1) is 11.6 Å². The molecule has 6 rings (SSSR count). The number of fused-ring (bicyclic) bond motifs is 2. The number of aryl methyl sites for hydroxylation is 1. The highest BCUT2D eigenvalue weighted by atomic mass is 32.2. The predicted octanol–water partition coefficient (Wildman–Crippen LogP) is 7.06. The summed E-state index contributed by atoms with van der Waals surface area (Å²) in [6.07, 6.45) is -4.30. The molecule has 5 aromatic rings. The Hall–Kier alpha value is -4.90. The third kappa shape index (κ3) is 6.47. The number of nitrogens with one attached hydrogen (secondary N) is 2. The molecule has 0 fully saturated rings. The molecular weight excluding hydrogens is 679 g/mol. The molecular formula is C32H26F7N7O2S. The van der Waals surface area contributed by atoms with Gasteiger partial charge in [0.25, 0.3) is 5.92 Å². The van der Waals surface area contributed by atoms with E-state index in [1.165, 1.54) is 17.0 Å². The standard InChI is InChI=1S/C32H26F7N7O2S/c1-4-19-8-9-20(21-6-5-7-22-26(21)45(2)43-29(22)44-49(3)48)25(40-19)24(14-16-12-17(33)15-18(34)13-16)41-30(47)46-28-23(10-11-31(28,35)36)27(42-46)32(37,38)39/h4-9,12-13,15,24H,1,10-11,14H2,2-3H3,(H,41,47)(H,43,44). The molecule has 1 aliphatic carbocycles. The predicted molar refractivity (Wildman–Crippen MR) is 168 cm³/mol. The van der Waals surface area contributed by atoms with Crippen LogP contribution in [0.1, 0.15) is 46.4 Å². The average Bonchev–Trinajstić information content (AvgIpc) is 3.67. The maximum atomic E-state index is 15.0. The largest absolute Gasteiger partial charge is 0.593 e. The van der Waals surface area contributed by atoms with Gasteiger partial charge >= 0.3 is 12.2 Å². The first kappa shape index (κ1) is 34.0. The van der Waals surface area contributed by atoms with E-state index in [1.807, 2.05) is 0 Å². The number of hydrogen-bond acceptors (Lipinski definition) is 6. The summed E-state index contributed by atoms with van der Waals surface area (Å²) in [4.78, 5) is 18.4. The van der Waals surface area contributed by atoms with Gasteiger partial charge < -0.3 is 9.87 Å². The number of alkyl halides is 5. The van der Waals surface area contributed by atoms with Gasteiger partial charge in [-0.1, -0.05) is 24.8 Å². The zero-order valence-corrected chi connectivity index (χ0v) is 26.5. The lowest BCUT2D eigenvalue weighted by molar-refractivity contribution is -0.142. The Bertz CT molecular complexity index is 2090. The molecule has 0 aliphatic heterocycles. The van der Waals surface area contributed by atoms with E-state index in [0.717, 1.165) is 12.1 Å². The topological polar surface area (TPSA) is 113 Å². The zero-order chi connectivity index (χ0) is 35.4. The van der Waals surface area contributed by atoms with Gasteiger partial charge in [0.1, 0.15) is 23.6 Å². The number of carbonyl (C=O) groups is 1. The van der Waals surface area contributed by atoms with Gasteiger partial charge in [-0.3, -0.25) is 9.67 Å². The van der Waals surface area contributed by atoms with Crippen LogP contribution in [0.2, 0.25) is 0 Å². The van der Waals surface area contributed by atoms with Gasteiger partial charge in [-0.05, 0) is 48.7 Å². The first-order valence-electron chi connectivity index (χ1n) is 14.6. The van der Waals surface area contributed by atoms with Gasteiger partial charge in [-0.2, -0.15) is 41.6 Å². The van der Waals surface area contributed by atoms with Crippen LogP contribution in [0.3, 0.4) is 0 Å². The molecule has 9 nitrogen and oxygen atoms in total. The molecule has 1 aliphatic rings. The Morgan fingerprint density at radius 1 is 1.12 bits per heavy atom. The van der Waals surface area contributed by atoms with Crippen molar-refractivity contribution in [3.63, 3.8) is 0 Å². The van der Waals surface area contributed by atoms with Crippen molar-refractivity contribution in [2.45, 2.75) is 37.4 Å². The first-order chi connectivity index (χ1) is 23.1. The fourth-order valence-corrected chi connectivity index (χ4v) is 6.52. The van der Waals surface area contributed by atoms with Crippen molar-refractivity contribution in [2.75, 3.05) is 11.0 Å². The lowest BCUT2D eigenvalue weighted by atomic mass is 9.94. The number of nitrogens with zero attached hydrogens (tertiary/aromatic N) is 5. The van der Waals surface area contributed by atoms with E-state index >= 15 is 0 Å². The minimum Gasteiger partial charge on any atom is -0.593 e. The Kier molecular flexibility index (Phi) is 8.69. The third-order valence-electron chi connectivity index (χ3n) is 8.02. The Labute approximate surface area is 277 Å². The Morgan fingerprint density at radius 3 is 2.49 bits per heavy atom. The number of rotatable bonds is 8. The second-order valence-corrected chi connectivity index (χ2v) is 12.5. The lowest BCUT2D eigenvalue weighted by Crippen LogP contribution is -2.37.